The normalized spacial score (nSPS) is 17.6. The van der Waals surface area contributed by atoms with Gasteiger partial charge in [0.2, 0.25) is 0 Å². The van der Waals surface area contributed by atoms with Gasteiger partial charge in [0.25, 0.3) is 0 Å². The molecule has 0 spiro atoms. The van der Waals surface area contributed by atoms with Crippen LogP contribution in [0.25, 0.3) is 0 Å². The van der Waals surface area contributed by atoms with Crippen molar-refractivity contribution in [3.63, 3.8) is 0 Å². The van der Waals surface area contributed by atoms with Gasteiger partial charge < -0.3 is 9.64 Å². The van der Waals surface area contributed by atoms with Crippen molar-refractivity contribution in [3.05, 3.63) is 29.8 Å². The molecule has 17 heavy (non-hydrogen) atoms. The van der Waals surface area contributed by atoms with Crippen molar-refractivity contribution in [1.29, 1.82) is 0 Å². The van der Waals surface area contributed by atoms with Gasteiger partial charge in [0.05, 0.1) is 13.3 Å². The van der Waals surface area contributed by atoms with Gasteiger partial charge in [-0.25, -0.2) is 0 Å². The van der Waals surface area contributed by atoms with Crippen molar-refractivity contribution in [1.82, 2.24) is 9.91 Å². The van der Waals surface area contributed by atoms with Gasteiger partial charge in [-0.05, 0) is 19.2 Å². The van der Waals surface area contributed by atoms with Gasteiger partial charge in [0.15, 0.2) is 0 Å². The highest BCUT2D eigenvalue weighted by molar-refractivity contribution is 5.83. The molecule has 4 heteroatoms. The van der Waals surface area contributed by atoms with Crippen molar-refractivity contribution in [2.75, 3.05) is 40.3 Å². The summed E-state index contributed by atoms with van der Waals surface area (Å²) in [6.45, 7) is 4.12. The first-order chi connectivity index (χ1) is 8.29. The molecule has 0 amide bonds. The number of para-hydroxylation sites is 1. The molecule has 4 nitrogen and oxygen atoms in total. The lowest BCUT2D eigenvalue weighted by Crippen LogP contribution is -2.41. The Kier molecular flexibility index (Phi) is 3.98. The van der Waals surface area contributed by atoms with E-state index in [1.54, 1.807) is 7.11 Å². The second-order valence-electron chi connectivity index (χ2n) is 4.24. The molecule has 0 aliphatic carbocycles. The van der Waals surface area contributed by atoms with E-state index in [2.05, 4.69) is 22.1 Å². The maximum absolute atomic E-state index is 5.28. The summed E-state index contributed by atoms with van der Waals surface area (Å²) in [6.07, 6.45) is 1.88. The van der Waals surface area contributed by atoms with Crippen LogP contribution in [-0.4, -0.2) is 56.5 Å². The third-order valence-electron chi connectivity index (χ3n) is 2.98. The van der Waals surface area contributed by atoms with Crippen LogP contribution >= 0.6 is 0 Å². The maximum Gasteiger partial charge on any atom is 0.127 e. The van der Waals surface area contributed by atoms with Crippen LogP contribution in [0.15, 0.2) is 29.4 Å². The SMILES string of the molecule is COc1ccccc1C=NN1CCN(C)CC1. The topological polar surface area (TPSA) is 28.1 Å². The number of ether oxygens (including phenoxy) is 1. The molecular formula is C13H19N3O. The Morgan fingerprint density at radius 2 is 1.88 bits per heavy atom. The zero-order valence-corrected chi connectivity index (χ0v) is 10.5. The lowest BCUT2D eigenvalue weighted by atomic mass is 10.2. The Morgan fingerprint density at radius 3 is 2.59 bits per heavy atom. The second-order valence-corrected chi connectivity index (χ2v) is 4.24. The quantitative estimate of drug-likeness (QED) is 0.736. The predicted molar refractivity (Wildman–Crippen MR) is 69.7 cm³/mol. The van der Waals surface area contributed by atoms with E-state index in [4.69, 9.17) is 4.74 Å². The second kappa shape index (κ2) is 5.68. The van der Waals surface area contributed by atoms with Gasteiger partial charge in [-0.1, -0.05) is 12.1 Å². The van der Waals surface area contributed by atoms with Crippen LogP contribution in [0, 0.1) is 0 Å². The van der Waals surface area contributed by atoms with Crippen LogP contribution in [0.1, 0.15) is 5.56 Å². The molecule has 1 heterocycles. The molecule has 0 radical (unpaired) electrons. The third kappa shape index (κ3) is 3.20. The Hall–Kier alpha value is -1.55. The van der Waals surface area contributed by atoms with Crippen LogP contribution in [0.2, 0.25) is 0 Å². The first kappa shape index (κ1) is 11.9. The lowest BCUT2D eigenvalue weighted by Gasteiger charge is -2.30. The summed E-state index contributed by atoms with van der Waals surface area (Å²) in [7, 11) is 3.82. The molecule has 92 valence electrons. The zero-order chi connectivity index (χ0) is 12.1. The van der Waals surface area contributed by atoms with Gasteiger partial charge in [0, 0.05) is 31.7 Å². The van der Waals surface area contributed by atoms with E-state index in [0.717, 1.165) is 37.5 Å². The van der Waals surface area contributed by atoms with Crippen molar-refractivity contribution >= 4 is 6.21 Å². The van der Waals surface area contributed by atoms with Crippen LogP contribution < -0.4 is 4.74 Å². The molecule has 1 fully saturated rings. The molecular weight excluding hydrogens is 214 g/mol. The fraction of sp³-hybridized carbons (Fsp3) is 0.462. The van der Waals surface area contributed by atoms with E-state index < -0.39 is 0 Å². The molecule has 1 aromatic rings. The number of rotatable bonds is 3. The number of likely N-dealkylation sites (N-methyl/N-ethyl adjacent to an activating group) is 1. The van der Waals surface area contributed by atoms with Crippen molar-refractivity contribution in [3.8, 4) is 5.75 Å². The molecule has 1 aromatic carbocycles. The number of hydrazone groups is 1. The first-order valence-corrected chi connectivity index (χ1v) is 5.90. The smallest absolute Gasteiger partial charge is 0.127 e. The summed E-state index contributed by atoms with van der Waals surface area (Å²) in [5.41, 5.74) is 1.02. The van der Waals surface area contributed by atoms with Crippen LogP contribution in [0.3, 0.4) is 0 Å². The fourth-order valence-electron chi connectivity index (χ4n) is 1.83. The van der Waals surface area contributed by atoms with E-state index in [9.17, 15) is 0 Å². The van der Waals surface area contributed by atoms with Crippen LogP contribution in [0.5, 0.6) is 5.75 Å². The Balaban J connectivity index is 2.00. The third-order valence-corrected chi connectivity index (χ3v) is 2.98. The van der Waals surface area contributed by atoms with E-state index in [1.165, 1.54) is 0 Å². The van der Waals surface area contributed by atoms with Crippen molar-refractivity contribution in [2.24, 2.45) is 5.10 Å². The number of hydrogen-bond donors (Lipinski definition) is 0. The minimum absolute atomic E-state index is 0.866. The Morgan fingerprint density at radius 1 is 1.18 bits per heavy atom. The molecule has 2 rings (SSSR count). The molecule has 0 atom stereocenters. The molecule has 0 aromatic heterocycles. The number of nitrogens with zero attached hydrogens (tertiary/aromatic N) is 3. The molecule has 0 bridgehead atoms. The summed E-state index contributed by atoms with van der Waals surface area (Å²) < 4.78 is 5.28. The summed E-state index contributed by atoms with van der Waals surface area (Å²) in [4.78, 5) is 2.31. The van der Waals surface area contributed by atoms with E-state index in [1.807, 2.05) is 30.5 Å². The highest BCUT2D eigenvalue weighted by Gasteiger charge is 2.10. The molecule has 0 saturated carbocycles. The predicted octanol–water partition coefficient (Wildman–Crippen LogP) is 1.28. The first-order valence-electron chi connectivity index (χ1n) is 5.90. The number of piperazine rings is 1. The number of methoxy groups -OCH3 is 1. The van der Waals surface area contributed by atoms with E-state index in [-0.39, 0.29) is 0 Å². The highest BCUT2D eigenvalue weighted by Crippen LogP contribution is 2.15. The minimum Gasteiger partial charge on any atom is -0.496 e. The molecule has 1 saturated heterocycles. The van der Waals surface area contributed by atoms with Crippen molar-refractivity contribution in [2.45, 2.75) is 0 Å². The Labute approximate surface area is 102 Å². The van der Waals surface area contributed by atoms with Crippen LogP contribution in [0.4, 0.5) is 0 Å². The fourth-order valence-corrected chi connectivity index (χ4v) is 1.83. The molecule has 1 aliphatic heterocycles. The Bertz CT molecular complexity index is 384. The average Bonchev–Trinajstić information content (AvgIpc) is 2.38. The van der Waals surface area contributed by atoms with Crippen LogP contribution in [-0.2, 0) is 0 Å². The van der Waals surface area contributed by atoms with Gasteiger partial charge in [0.1, 0.15) is 5.75 Å². The van der Waals surface area contributed by atoms with E-state index >= 15 is 0 Å². The highest BCUT2D eigenvalue weighted by atomic mass is 16.5. The number of hydrogen-bond acceptors (Lipinski definition) is 4. The maximum atomic E-state index is 5.28. The lowest BCUT2D eigenvalue weighted by molar-refractivity contribution is 0.159. The summed E-state index contributed by atoms with van der Waals surface area (Å²) in [6, 6.07) is 7.92. The molecule has 0 unspecified atom stereocenters. The summed E-state index contributed by atoms with van der Waals surface area (Å²) in [5.74, 6) is 0.866. The van der Waals surface area contributed by atoms with Gasteiger partial charge in [-0.3, -0.25) is 5.01 Å². The molecule has 1 aliphatic rings. The van der Waals surface area contributed by atoms with Gasteiger partial charge >= 0.3 is 0 Å². The minimum atomic E-state index is 0.866. The van der Waals surface area contributed by atoms with Gasteiger partial charge in [-0.15, -0.1) is 0 Å². The zero-order valence-electron chi connectivity index (χ0n) is 10.5. The van der Waals surface area contributed by atoms with Crippen molar-refractivity contribution < 1.29 is 4.74 Å². The average molecular weight is 233 g/mol. The van der Waals surface area contributed by atoms with E-state index in [0.29, 0.717) is 0 Å². The summed E-state index contributed by atoms with van der Waals surface area (Å²) in [5, 5.41) is 6.60. The van der Waals surface area contributed by atoms with Gasteiger partial charge in [-0.2, -0.15) is 5.10 Å². The standard InChI is InChI=1S/C13H19N3O/c1-15-7-9-16(10-8-15)14-11-12-5-3-4-6-13(12)17-2/h3-6,11H,7-10H2,1-2H3. The largest absolute Gasteiger partial charge is 0.496 e. The summed E-state index contributed by atoms with van der Waals surface area (Å²) >= 11 is 0. The molecule has 0 N–H and O–H groups in total. The number of benzene rings is 1. The monoisotopic (exact) mass is 233 g/mol.